The van der Waals surface area contributed by atoms with Crippen LogP contribution in [-0.2, 0) is 20.1 Å². The van der Waals surface area contributed by atoms with Crippen molar-refractivity contribution < 1.29 is 0 Å². The molecule has 6 nitrogen and oxygen atoms in total. The first-order chi connectivity index (χ1) is 13.1. The minimum absolute atomic E-state index is 0.476. The lowest BCUT2D eigenvalue weighted by Gasteiger charge is -2.11. The molecule has 0 unspecified atom stereocenters. The predicted octanol–water partition coefficient (Wildman–Crippen LogP) is 3.77. The van der Waals surface area contributed by atoms with Gasteiger partial charge in [0.15, 0.2) is 5.96 Å². The van der Waals surface area contributed by atoms with Gasteiger partial charge in [-0.3, -0.25) is 0 Å². The number of nitrogens with one attached hydrogen (secondary N) is 2. The first-order valence-corrected chi connectivity index (χ1v) is 9.45. The van der Waals surface area contributed by atoms with Gasteiger partial charge in [0, 0.05) is 25.5 Å². The summed E-state index contributed by atoms with van der Waals surface area (Å²) in [6.07, 6.45) is 1.94. The summed E-state index contributed by atoms with van der Waals surface area (Å²) in [6.45, 7) is 3.83. The zero-order valence-electron chi connectivity index (χ0n) is 15.3. The number of aromatic nitrogens is 3. The molecule has 0 radical (unpaired) electrons. The van der Waals surface area contributed by atoms with E-state index in [2.05, 4.69) is 20.7 Å². The molecule has 0 fully saturated rings. The van der Waals surface area contributed by atoms with Gasteiger partial charge in [-0.1, -0.05) is 41.4 Å². The van der Waals surface area contributed by atoms with Crippen molar-refractivity contribution in [3.05, 3.63) is 70.2 Å². The Hall–Kier alpha value is -2.44. The third-order valence-electron chi connectivity index (χ3n) is 4.06. The first-order valence-electron chi connectivity index (χ1n) is 8.70. The molecule has 2 aromatic heterocycles. The Kier molecular flexibility index (Phi) is 6.42. The highest BCUT2D eigenvalue weighted by atomic mass is 35.5. The molecule has 3 rings (SSSR count). The fraction of sp³-hybridized carbons (Fsp3) is 0.263. The van der Waals surface area contributed by atoms with Crippen molar-refractivity contribution in [2.24, 2.45) is 12.0 Å². The minimum atomic E-state index is 0.476. The van der Waals surface area contributed by atoms with E-state index in [0.29, 0.717) is 29.2 Å². The van der Waals surface area contributed by atoms with Crippen molar-refractivity contribution in [2.45, 2.75) is 20.0 Å². The largest absolute Gasteiger partial charge is 0.357 e. The third kappa shape index (κ3) is 4.84. The molecule has 2 N–H and O–H groups in total. The molecule has 0 aliphatic rings. The topological polar surface area (TPSA) is 59.2 Å². The molecule has 0 amide bonds. The van der Waals surface area contributed by atoms with Crippen LogP contribution in [0.4, 0.5) is 0 Å². The number of guanidine groups is 1. The van der Waals surface area contributed by atoms with Crippen molar-refractivity contribution in [1.29, 1.82) is 0 Å². The predicted molar refractivity (Wildman–Crippen MR) is 111 cm³/mol. The molecular weight excluding hydrogens is 383 g/mol. The lowest BCUT2D eigenvalue weighted by Crippen LogP contribution is -2.37. The molecule has 0 saturated carbocycles. The molecule has 0 spiro atoms. The fourth-order valence-corrected chi connectivity index (χ4v) is 3.02. The van der Waals surface area contributed by atoms with Gasteiger partial charge in [-0.25, -0.2) is 9.67 Å². The maximum absolute atomic E-state index is 6.12. The molecule has 142 valence electrons. The summed E-state index contributed by atoms with van der Waals surface area (Å²) in [5.41, 5.74) is 2.89. The average molecular weight is 405 g/mol. The van der Waals surface area contributed by atoms with Gasteiger partial charge in [-0.2, -0.15) is 5.10 Å². The SMILES string of the molecule is CCNC(=NCc1ccn(-c2ccccc2)n1)NCc1cc(Cl)c(Cl)n1C. The summed E-state index contributed by atoms with van der Waals surface area (Å²) in [4.78, 5) is 4.61. The highest BCUT2D eigenvalue weighted by Crippen LogP contribution is 2.24. The van der Waals surface area contributed by atoms with Crippen molar-refractivity contribution in [3.63, 3.8) is 0 Å². The van der Waals surface area contributed by atoms with Crippen LogP contribution in [0, 0.1) is 0 Å². The molecule has 0 saturated heterocycles. The Morgan fingerprint density at radius 1 is 1.15 bits per heavy atom. The van der Waals surface area contributed by atoms with Crippen molar-refractivity contribution >= 4 is 29.2 Å². The standard InChI is InChI=1S/C19H22Cl2N6/c1-3-22-19(24-13-16-11-17(20)18(21)26(16)2)23-12-14-9-10-27(25-14)15-7-5-4-6-8-15/h4-11H,3,12-13H2,1-2H3,(H2,22,23,24). The molecule has 0 aliphatic heterocycles. The lowest BCUT2D eigenvalue weighted by atomic mass is 10.3. The van der Waals surface area contributed by atoms with Crippen LogP contribution in [0.25, 0.3) is 5.69 Å². The van der Waals surface area contributed by atoms with E-state index in [1.807, 2.05) is 71.9 Å². The van der Waals surface area contributed by atoms with E-state index >= 15 is 0 Å². The maximum Gasteiger partial charge on any atom is 0.191 e. The molecular formula is C19H22Cl2N6. The van der Waals surface area contributed by atoms with Crippen LogP contribution in [0.5, 0.6) is 0 Å². The zero-order chi connectivity index (χ0) is 19.2. The average Bonchev–Trinajstić information content (AvgIpc) is 3.25. The van der Waals surface area contributed by atoms with E-state index in [1.54, 1.807) is 0 Å². The van der Waals surface area contributed by atoms with E-state index in [0.717, 1.165) is 23.6 Å². The van der Waals surface area contributed by atoms with Gasteiger partial charge in [-0.05, 0) is 31.2 Å². The number of rotatable bonds is 6. The van der Waals surface area contributed by atoms with Crippen LogP contribution >= 0.6 is 23.2 Å². The van der Waals surface area contributed by atoms with E-state index in [9.17, 15) is 0 Å². The van der Waals surface area contributed by atoms with Crippen LogP contribution in [0.2, 0.25) is 10.2 Å². The Labute approximate surface area is 168 Å². The van der Waals surface area contributed by atoms with E-state index in [1.165, 1.54) is 0 Å². The third-order valence-corrected chi connectivity index (χ3v) is 4.90. The van der Waals surface area contributed by atoms with Crippen LogP contribution in [0.15, 0.2) is 53.7 Å². The second-order valence-corrected chi connectivity index (χ2v) is 6.73. The second-order valence-electron chi connectivity index (χ2n) is 5.97. The summed E-state index contributed by atoms with van der Waals surface area (Å²) in [5, 5.41) is 12.2. The summed E-state index contributed by atoms with van der Waals surface area (Å²) < 4.78 is 3.70. The smallest absolute Gasteiger partial charge is 0.191 e. The molecule has 27 heavy (non-hydrogen) atoms. The molecule has 0 bridgehead atoms. The van der Waals surface area contributed by atoms with Crippen LogP contribution in [0.1, 0.15) is 18.3 Å². The second kappa shape index (κ2) is 8.97. The number of hydrogen-bond acceptors (Lipinski definition) is 2. The van der Waals surface area contributed by atoms with Crippen molar-refractivity contribution in [2.75, 3.05) is 6.54 Å². The van der Waals surface area contributed by atoms with Crippen molar-refractivity contribution in [1.82, 2.24) is 25.0 Å². The van der Waals surface area contributed by atoms with E-state index in [-0.39, 0.29) is 0 Å². The van der Waals surface area contributed by atoms with E-state index in [4.69, 9.17) is 23.2 Å². The summed E-state index contributed by atoms with van der Waals surface area (Å²) in [6, 6.07) is 13.8. The van der Waals surface area contributed by atoms with Crippen LogP contribution in [-0.4, -0.2) is 26.9 Å². The number of para-hydroxylation sites is 1. The molecule has 2 heterocycles. The van der Waals surface area contributed by atoms with Crippen molar-refractivity contribution in [3.8, 4) is 5.69 Å². The minimum Gasteiger partial charge on any atom is -0.357 e. The fourth-order valence-electron chi connectivity index (χ4n) is 2.61. The quantitative estimate of drug-likeness (QED) is 0.485. The van der Waals surface area contributed by atoms with Gasteiger partial charge in [0.25, 0.3) is 0 Å². The summed E-state index contributed by atoms with van der Waals surface area (Å²) in [7, 11) is 1.88. The van der Waals surface area contributed by atoms with Crippen LogP contribution in [0.3, 0.4) is 0 Å². The van der Waals surface area contributed by atoms with Gasteiger partial charge in [0.05, 0.1) is 29.5 Å². The van der Waals surface area contributed by atoms with Gasteiger partial charge in [-0.15, -0.1) is 0 Å². The summed E-state index contributed by atoms with van der Waals surface area (Å²) in [5.74, 6) is 0.709. The highest BCUT2D eigenvalue weighted by molar-refractivity contribution is 6.41. The number of nitrogens with zero attached hydrogens (tertiary/aromatic N) is 4. The molecule has 0 aliphatic carbocycles. The number of benzene rings is 1. The zero-order valence-corrected chi connectivity index (χ0v) is 16.8. The van der Waals surface area contributed by atoms with Gasteiger partial charge < -0.3 is 15.2 Å². The molecule has 1 aromatic carbocycles. The van der Waals surface area contributed by atoms with Gasteiger partial charge in [0.1, 0.15) is 5.15 Å². The highest BCUT2D eigenvalue weighted by Gasteiger charge is 2.09. The Morgan fingerprint density at radius 3 is 2.59 bits per heavy atom. The molecule has 8 heteroatoms. The Balaban J connectivity index is 1.65. The number of halogens is 2. The van der Waals surface area contributed by atoms with Gasteiger partial charge >= 0.3 is 0 Å². The van der Waals surface area contributed by atoms with Crippen LogP contribution < -0.4 is 10.6 Å². The molecule has 3 aromatic rings. The normalized spacial score (nSPS) is 11.6. The summed E-state index contributed by atoms with van der Waals surface area (Å²) >= 11 is 12.2. The first kappa shape index (κ1) is 19.3. The lowest BCUT2D eigenvalue weighted by molar-refractivity contribution is 0.749. The number of aliphatic imine (C=N–C) groups is 1. The molecule has 0 atom stereocenters. The Bertz CT molecular complexity index is 914. The number of hydrogen-bond donors (Lipinski definition) is 2. The maximum atomic E-state index is 6.12. The van der Waals surface area contributed by atoms with Gasteiger partial charge in [0.2, 0.25) is 0 Å². The monoisotopic (exact) mass is 404 g/mol. The Morgan fingerprint density at radius 2 is 1.93 bits per heavy atom. The van der Waals surface area contributed by atoms with E-state index < -0.39 is 0 Å².